The first kappa shape index (κ1) is 17.1. The van der Waals surface area contributed by atoms with E-state index in [0.29, 0.717) is 18.5 Å². The molecule has 0 bridgehead atoms. The Morgan fingerprint density at radius 2 is 2.10 bits per heavy atom. The Morgan fingerprint density at radius 3 is 2.70 bits per heavy atom. The summed E-state index contributed by atoms with van der Waals surface area (Å²) in [5.74, 6) is -0.913. The second kappa shape index (κ2) is 6.66. The molecule has 0 saturated carbocycles. The van der Waals surface area contributed by atoms with E-state index < -0.39 is 23.8 Å². The molecule has 1 heterocycles. The Balaban J connectivity index is 0.00000200. The summed E-state index contributed by atoms with van der Waals surface area (Å²) in [5, 5.41) is 9.02. The molecule has 0 radical (unpaired) electrons. The molecule has 20 heavy (non-hydrogen) atoms. The van der Waals surface area contributed by atoms with Crippen LogP contribution in [0.3, 0.4) is 0 Å². The van der Waals surface area contributed by atoms with Crippen molar-refractivity contribution in [2.75, 3.05) is 6.54 Å². The van der Waals surface area contributed by atoms with Crippen molar-refractivity contribution in [1.29, 1.82) is 0 Å². The van der Waals surface area contributed by atoms with Crippen molar-refractivity contribution in [1.82, 2.24) is 4.90 Å². The molecule has 1 saturated heterocycles. The van der Waals surface area contributed by atoms with Gasteiger partial charge in [0.1, 0.15) is 6.04 Å². The summed E-state index contributed by atoms with van der Waals surface area (Å²) >= 11 is 0. The number of aliphatic carboxylic acids is 1. The number of nitrogens with zero attached hydrogens (tertiary/aromatic N) is 1. The standard InChI is InChI=1S/C13H14F3NO2.Li.H/c14-13(15,16)10-4-1-3-9(7-10)8-17-6-2-5-11(17)12(18)19;;/h1,3-4,7,11H,2,5-6,8H2,(H,18,19);;. The molecule has 1 aliphatic rings. The molecule has 7 heteroatoms. The van der Waals surface area contributed by atoms with Gasteiger partial charge in [-0.15, -0.1) is 0 Å². The molecule has 1 aromatic carbocycles. The molecule has 1 N–H and O–H groups in total. The Bertz CT molecular complexity index is 479. The zero-order valence-corrected chi connectivity index (χ0v) is 10.2. The second-order valence-electron chi connectivity index (χ2n) is 4.66. The predicted molar refractivity (Wildman–Crippen MR) is 69.7 cm³/mol. The topological polar surface area (TPSA) is 40.5 Å². The summed E-state index contributed by atoms with van der Waals surface area (Å²) in [7, 11) is 0. The molecule has 3 nitrogen and oxygen atoms in total. The summed E-state index contributed by atoms with van der Waals surface area (Å²) < 4.78 is 37.7. The van der Waals surface area contributed by atoms with Crippen molar-refractivity contribution in [3.8, 4) is 0 Å². The number of rotatable bonds is 3. The van der Waals surface area contributed by atoms with Crippen LogP contribution in [0.1, 0.15) is 24.0 Å². The van der Waals surface area contributed by atoms with E-state index in [4.69, 9.17) is 5.11 Å². The van der Waals surface area contributed by atoms with Crippen LogP contribution in [-0.2, 0) is 17.5 Å². The van der Waals surface area contributed by atoms with Gasteiger partial charge >= 0.3 is 31.0 Å². The van der Waals surface area contributed by atoms with Crippen LogP contribution >= 0.6 is 0 Å². The number of likely N-dealkylation sites (tertiary alicyclic amines) is 1. The summed E-state index contributed by atoms with van der Waals surface area (Å²) in [5.41, 5.74) is -0.209. The van der Waals surface area contributed by atoms with Gasteiger partial charge in [0, 0.05) is 6.54 Å². The van der Waals surface area contributed by atoms with E-state index in [1.807, 2.05) is 0 Å². The summed E-state index contributed by atoms with van der Waals surface area (Å²) in [4.78, 5) is 12.7. The summed E-state index contributed by atoms with van der Waals surface area (Å²) in [6, 6.07) is 4.45. The molecular formula is C13H15F3LiNO2. The Hall–Kier alpha value is -0.963. The van der Waals surface area contributed by atoms with Gasteiger partial charge in [-0.25, -0.2) is 0 Å². The first-order chi connectivity index (χ1) is 8.88. The van der Waals surface area contributed by atoms with Crippen LogP contribution in [0.4, 0.5) is 13.2 Å². The zero-order chi connectivity index (χ0) is 14.0. The van der Waals surface area contributed by atoms with Gasteiger partial charge < -0.3 is 5.11 Å². The number of halogens is 3. The van der Waals surface area contributed by atoms with Gasteiger partial charge in [0.2, 0.25) is 0 Å². The third-order valence-corrected chi connectivity index (χ3v) is 3.29. The third-order valence-electron chi connectivity index (χ3n) is 3.29. The van der Waals surface area contributed by atoms with Crippen LogP contribution in [0.25, 0.3) is 0 Å². The Kier molecular flexibility index (Phi) is 5.69. The van der Waals surface area contributed by atoms with E-state index in [2.05, 4.69) is 0 Å². The number of hydrogen-bond donors (Lipinski definition) is 1. The van der Waals surface area contributed by atoms with E-state index in [9.17, 15) is 18.0 Å². The maximum atomic E-state index is 12.6. The van der Waals surface area contributed by atoms with Gasteiger partial charge in [0.25, 0.3) is 0 Å². The number of carboxylic acid groups (broad SMARTS) is 1. The average molecular weight is 281 g/mol. The van der Waals surface area contributed by atoms with Crippen molar-refractivity contribution in [2.45, 2.75) is 31.6 Å². The van der Waals surface area contributed by atoms with Crippen molar-refractivity contribution < 1.29 is 23.1 Å². The molecule has 1 unspecified atom stereocenters. The molecule has 1 atom stereocenters. The van der Waals surface area contributed by atoms with Crippen LogP contribution < -0.4 is 0 Å². The van der Waals surface area contributed by atoms with Crippen LogP contribution in [0.15, 0.2) is 24.3 Å². The first-order valence-corrected chi connectivity index (χ1v) is 6.01. The van der Waals surface area contributed by atoms with E-state index >= 15 is 0 Å². The molecule has 0 amide bonds. The van der Waals surface area contributed by atoms with Crippen LogP contribution in [0, 0.1) is 0 Å². The maximum absolute atomic E-state index is 12.6. The minimum absolute atomic E-state index is 0. The molecule has 2 rings (SSSR count). The third kappa shape index (κ3) is 4.01. The van der Waals surface area contributed by atoms with Crippen molar-refractivity contribution >= 4 is 24.8 Å². The van der Waals surface area contributed by atoms with Gasteiger partial charge in [0.05, 0.1) is 5.56 Å². The molecule has 0 spiro atoms. The molecule has 0 aliphatic carbocycles. The molecule has 106 valence electrons. The zero-order valence-electron chi connectivity index (χ0n) is 10.2. The van der Waals surface area contributed by atoms with Gasteiger partial charge in [0.15, 0.2) is 0 Å². The van der Waals surface area contributed by atoms with E-state index in [-0.39, 0.29) is 25.4 Å². The Labute approximate surface area is 126 Å². The number of hydrogen-bond acceptors (Lipinski definition) is 2. The second-order valence-corrected chi connectivity index (χ2v) is 4.66. The van der Waals surface area contributed by atoms with Crippen LogP contribution in [-0.4, -0.2) is 47.4 Å². The normalized spacial score (nSPS) is 19.6. The van der Waals surface area contributed by atoms with Crippen molar-refractivity contribution in [3.05, 3.63) is 35.4 Å². The monoisotopic (exact) mass is 281 g/mol. The first-order valence-electron chi connectivity index (χ1n) is 6.01. The average Bonchev–Trinajstić information content (AvgIpc) is 2.76. The number of carboxylic acids is 1. The predicted octanol–water partition coefficient (Wildman–Crippen LogP) is 2.11. The van der Waals surface area contributed by atoms with Crippen LogP contribution in [0.5, 0.6) is 0 Å². The van der Waals surface area contributed by atoms with Crippen molar-refractivity contribution in [2.24, 2.45) is 0 Å². The van der Waals surface area contributed by atoms with Crippen LogP contribution in [0.2, 0.25) is 0 Å². The van der Waals surface area contributed by atoms with E-state index in [0.717, 1.165) is 18.6 Å². The van der Waals surface area contributed by atoms with Gasteiger partial charge in [-0.2, -0.15) is 13.2 Å². The summed E-state index contributed by atoms with van der Waals surface area (Å²) in [6.07, 6.45) is -3.06. The quantitative estimate of drug-likeness (QED) is 0.863. The summed E-state index contributed by atoms with van der Waals surface area (Å²) in [6.45, 7) is 0.841. The van der Waals surface area contributed by atoms with Crippen molar-refractivity contribution in [3.63, 3.8) is 0 Å². The fraction of sp³-hybridized carbons (Fsp3) is 0.462. The van der Waals surface area contributed by atoms with E-state index in [1.165, 1.54) is 6.07 Å². The van der Waals surface area contributed by atoms with Gasteiger partial charge in [-0.1, -0.05) is 18.2 Å². The molecule has 1 aromatic rings. The fourth-order valence-electron chi connectivity index (χ4n) is 2.38. The molecule has 0 aromatic heterocycles. The van der Waals surface area contributed by atoms with Gasteiger partial charge in [-0.3, -0.25) is 9.69 Å². The molecule has 1 fully saturated rings. The molecular weight excluding hydrogens is 266 g/mol. The SMILES string of the molecule is O=C(O)C1CCCN1Cc1cccc(C(F)(F)F)c1.[LiH]. The number of carbonyl (C=O) groups is 1. The number of benzene rings is 1. The Morgan fingerprint density at radius 1 is 1.40 bits per heavy atom. The van der Waals surface area contributed by atoms with E-state index in [1.54, 1.807) is 11.0 Å². The minimum atomic E-state index is -4.37. The molecule has 1 aliphatic heterocycles. The number of alkyl halides is 3. The van der Waals surface area contributed by atoms with Gasteiger partial charge in [-0.05, 0) is 31.0 Å². The fourth-order valence-corrected chi connectivity index (χ4v) is 2.38.